The first-order valence-corrected chi connectivity index (χ1v) is 6.85. The van der Waals surface area contributed by atoms with Gasteiger partial charge in [0.1, 0.15) is 5.82 Å². The third-order valence-corrected chi connectivity index (χ3v) is 3.64. The number of aromatic nitrogens is 2. The molecule has 1 aromatic heterocycles. The number of rotatable bonds is 2. The van der Waals surface area contributed by atoms with Gasteiger partial charge in [-0.1, -0.05) is 22.0 Å². The van der Waals surface area contributed by atoms with Crippen molar-refractivity contribution in [1.29, 1.82) is 0 Å². The van der Waals surface area contributed by atoms with Gasteiger partial charge in [0.05, 0.1) is 17.1 Å². The van der Waals surface area contributed by atoms with E-state index in [-0.39, 0.29) is 5.82 Å². The quantitative estimate of drug-likeness (QED) is 0.780. The lowest BCUT2D eigenvalue weighted by Crippen LogP contribution is -2.13. The predicted octanol–water partition coefficient (Wildman–Crippen LogP) is 3.58. The molecule has 5 heteroatoms. The summed E-state index contributed by atoms with van der Waals surface area (Å²) < 4.78 is 14.7. The zero-order chi connectivity index (χ0) is 14.1. The molecule has 2 N–H and O–H groups in total. The second-order valence-corrected chi connectivity index (χ2v) is 5.36. The molecule has 1 atom stereocenters. The fourth-order valence-electron chi connectivity index (χ4n) is 2.11. The van der Waals surface area contributed by atoms with Crippen LogP contribution in [-0.2, 0) is 0 Å². The molecule has 0 spiro atoms. The summed E-state index contributed by atoms with van der Waals surface area (Å²) in [6.07, 6.45) is 3.26. The minimum absolute atomic E-state index is 0.319. The van der Waals surface area contributed by atoms with Gasteiger partial charge in [0.15, 0.2) is 0 Å². The number of nitrogens with zero attached hydrogens (tertiary/aromatic N) is 2. The van der Waals surface area contributed by atoms with Gasteiger partial charge >= 0.3 is 0 Å². The summed E-state index contributed by atoms with van der Waals surface area (Å²) in [6, 6.07) is 9.74. The van der Waals surface area contributed by atoms with Crippen LogP contribution in [0, 0.1) is 5.82 Å². The van der Waals surface area contributed by atoms with E-state index in [1.807, 2.05) is 18.2 Å². The molecule has 0 bridgehead atoms. The van der Waals surface area contributed by atoms with Crippen molar-refractivity contribution in [2.75, 3.05) is 0 Å². The predicted molar refractivity (Wildman–Crippen MR) is 79.7 cm³/mol. The van der Waals surface area contributed by atoms with E-state index in [0.717, 1.165) is 21.1 Å². The lowest BCUT2D eigenvalue weighted by molar-refractivity contribution is 0.599. The molecule has 3 nitrogen and oxygen atoms in total. The minimum atomic E-state index is -0.543. The average Bonchev–Trinajstić information content (AvgIpc) is 2.48. The lowest BCUT2D eigenvalue weighted by atomic mass is 9.98. The molecular formula is C15H11BrFN3. The highest BCUT2D eigenvalue weighted by atomic mass is 79.9. The largest absolute Gasteiger partial charge is 0.320 e. The van der Waals surface area contributed by atoms with Crippen LogP contribution in [0.15, 0.2) is 53.3 Å². The monoisotopic (exact) mass is 331 g/mol. The van der Waals surface area contributed by atoms with Crippen molar-refractivity contribution in [3.63, 3.8) is 0 Å². The molecule has 3 rings (SSSR count). The molecule has 0 amide bonds. The topological polar surface area (TPSA) is 51.8 Å². The molecule has 100 valence electrons. The van der Waals surface area contributed by atoms with Gasteiger partial charge in [-0.15, -0.1) is 0 Å². The van der Waals surface area contributed by atoms with Gasteiger partial charge in [0, 0.05) is 22.4 Å². The van der Waals surface area contributed by atoms with E-state index in [9.17, 15) is 4.39 Å². The second-order valence-electron chi connectivity index (χ2n) is 4.45. The van der Waals surface area contributed by atoms with Crippen molar-refractivity contribution in [2.24, 2.45) is 5.73 Å². The third kappa shape index (κ3) is 2.42. The molecule has 0 aliphatic carbocycles. The maximum atomic E-state index is 13.9. The Morgan fingerprint density at radius 1 is 1.00 bits per heavy atom. The normalized spacial score (nSPS) is 12.6. The third-order valence-electron chi connectivity index (χ3n) is 3.15. The van der Waals surface area contributed by atoms with E-state index in [1.165, 1.54) is 6.07 Å². The van der Waals surface area contributed by atoms with Crippen LogP contribution in [0.1, 0.15) is 17.2 Å². The average molecular weight is 332 g/mol. The molecule has 0 fully saturated rings. The van der Waals surface area contributed by atoms with Crippen LogP contribution < -0.4 is 5.73 Å². The molecule has 1 unspecified atom stereocenters. The standard InChI is InChI=1S/C15H11BrFN3/c16-10-2-3-12(17)11(8-10)15(18)9-1-4-13-14(7-9)20-6-5-19-13/h1-8,15H,18H2. The maximum absolute atomic E-state index is 13.9. The van der Waals surface area contributed by atoms with E-state index in [1.54, 1.807) is 24.5 Å². The van der Waals surface area contributed by atoms with Gasteiger partial charge in [0.25, 0.3) is 0 Å². The number of hydrogen-bond acceptors (Lipinski definition) is 3. The molecule has 20 heavy (non-hydrogen) atoms. The van der Waals surface area contributed by atoms with Gasteiger partial charge in [-0.3, -0.25) is 9.97 Å². The Bertz CT molecular complexity index is 776. The van der Waals surface area contributed by atoms with Crippen molar-refractivity contribution < 1.29 is 4.39 Å². The number of nitrogens with two attached hydrogens (primary N) is 1. The fourth-order valence-corrected chi connectivity index (χ4v) is 2.49. The molecule has 0 aliphatic rings. The SMILES string of the molecule is NC(c1ccc2nccnc2c1)c1cc(Br)ccc1F. The fraction of sp³-hybridized carbons (Fsp3) is 0.0667. The molecule has 2 aromatic carbocycles. The van der Waals surface area contributed by atoms with Gasteiger partial charge < -0.3 is 5.73 Å². The summed E-state index contributed by atoms with van der Waals surface area (Å²) in [6.45, 7) is 0. The highest BCUT2D eigenvalue weighted by molar-refractivity contribution is 9.10. The highest BCUT2D eigenvalue weighted by Gasteiger charge is 2.14. The summed E-state index contributed by atoms with van der Waals surface area (Å²) in [5.41, 5.74) is 8.95. The summed E-state index contributed by atoms with van der Waals surface area (Å²) in [4.78, 5) is 8.44. The van der Waals surface area contributed by atoms with E-state index < -0.39 is 6.04 Å². The number of halogens is 2. The van der Waals surface area contributed by atoms with Gasteiger partial charge in [-0.25, -0.2) is 4.39 Å². The summed E-state index contributed by atoms with van der Waals surface area (Å²) in [5, 5.41) is 0. The zero-order valence-electron chi connectivity index (χ0n) is 10.4. The minimum Gasteiger partial charge on any atom is -0.320 e. The van der Waals surface area contributed by atoms with Crippen LogP contribution in [0.4, 0.5) is 4.39 Å². The van der Waals surface area contributed by atoms with Crippen LogP contribution >= 0.6 is 15.9 Å². The van der Waals surface area contributed by atoms with Gasteiger partial charge in [-0.2, -0.15) is 0 Å². The Balaban J connectivity index is 2.07. The molecular weight excluding hydrogens is 321 g/mol. The van der Waals surface area contributed by atoms with Crippen molar-refractivity contribution in [3.8, 4) is 0 Å². The highest BCUT2D eigenvalue weighted by Crippen LogP contribution is 2.26. The Morgan fingerprint density at radius 3 is 2.55 bits per heavy atom. The van der Waals surface area contributed by atoms with Crippen molar-refractivity contribution in [2.45, 2.75) is 6.04 Å². The van der Waals surface area contributed by atoms with Crippen LogP contribution in [0.2, 0.25) is 0 Å². The summed E-state index contributed by atoms with van der Waals surface area (Å²) in [5.74, 6) is -0.319. The molecule has 0 radical (unpaired) electrons. The Hall–Kier alpha value is -1.85. The Labute approximate surface area is 123 Å². The first-order chi connectivity index (χ1) is 9.65. The molecule has 0 saturated heterocycles. The molecule has 1 heterocycles. The summed E-state index contributed by atoms with van der Waals surface area (Å²) >= 11 is 3.33. The van der Waals surface area contributed by atoms with E-state index in [0.29, 0.717) is 5.56 Å². The van der Waals surface area contributed by atoms with Crippen LogP contribution in [0.5, 0.6) is 0 Å². The van der Waals surface area contributed by atoms with Crippen molar-refractivity contribution in [1.82, 2.24) is 9.97 Å². The smallest absolute Gasteiger partial charge is 0.128 e. The lowest BCUT2D eigenvalue weighted by Gasteiger charge is -2.14. The van der Waals surface area contributed by atoms with Crippen molar-refractivity contribution in [3.05, 3.63) is 70.2 Å². The Kier molecular flexibility index (Phi) is 3.46. The van der Waals surface area contributed by atoms with E-state index >= 15 is 0 Å². The number of fused-ring (bicyclic) bond motifs is 1. The second kappa shape index (κ2) is 5.26. The van der Waals surface area contributed by atoms with Gasteiger partial charge in [-0.05, 0) is 35.9 Å². The first kappa shape index (κ1) is 13.1. The van der Waals surface area contributed by atoms with Crippen LogP contribution in [-0.4, -0.2) is 9.97 Å². The van der Waals surface area contributed by atoms with Crippen LogP contribution in [0.3, 0.4) is 0 Å². The number of benzene rings is 2. The zero-order valence-corrected chi connectivity index (χ0v) is 12.0. The van der Waals surface area contributed by atoms with E-state index in [2.05, 4.69) is 25.9 Å². The maximum Gasteiger partial charge on any atom is 0.128 e. The van der Waals surface area contributed by atoms with E-state index in [4.69, 9.17) is 5.73 Å². The first-order valence-electron chi connectivity index (χ1n) is 6.06. The van der Waals surface area contributed by atoms with Crippen LogP contribution in [0.25, 0.3) is 11.0 Å². The van der Waals surface area contributed by atoms with Crippen molar-refractivity contribution >= 4 is 27.0 Å². The number of hydrogen-bond donors (Lipinski definition) is 1. The van der Waals surface area contributed by atoms with Gasteiger partial charge in [0.2, 0.25) is 0 Å². The summed E-state index contributed by atoms with van der Waals surface area (Å²) in [7, 11) is 0. The molecule has 3 aromatic rings. The Morgan fingerprint density at radius 2 is 1.75 bits per heavy atom. The molecule has 0 aliphatic heterocycles. The molecule has 0 saturated carbocycles.